The van der Waals surface area contributed by atoms with Crippen LogP contribution in [0, 0.1) is 5.92 Å². The summed E-state index contributed by atoms with van der Waals surface area (Å²) < 4.78 is 12.7. The molecule has 0 spiro atoms. The van der Waals surface area contributed by atoms with E-state index in [0.29, 0.717) is 5.82 Å². The van der Waals surface area contributed by atoms with Crippen LogP contribution in [0.5, 0.6) is 11.5 Å². The van der Waals surface area contributed by atoms with Crippen molar-refractivity contribution in [3.05, 3.63) is 41.0 Å². The van der Waals surface area contributed by atoms with Crippen LogP contribution in [0.3, 0.4) is 0 Å². The highest BCUT2D eigenvalue weighted by atomic mass is 32.1. The fourth-order valence-electron chi connectivity index (χ4n) is 4.49. The van der Waals surface area contributed by atoms with Gasteiger partial charge in [0.25, 0.3) is 0 Å². The third-order valence-corrected chi connectivity index (χ3v) is 7.28. The Morgan fingerprint density at radius 3 is 3.10 bits per heavy atom. The molecule has 5 heterocycles. The molecule has 0 saturated heterocycles. The predicted octanol–water partition coefficient (Wildman–Crippen LogP) is 4.25. The molecule has 2 aliphatic rings. The van der Waals surface area contributed by atoms with Crippen molar-refractivity contribution in [1.82, 2.24) is 29.8 Å². The maximum atomic E-state index is 5.48. The van der Waals surface area contributed by atoms with Crippen LogP contribution in [0.4, 0.5) is 0 Å². The summed E-state index contributed by atoms with van der Waals surface area (Å²) in [7, 11) is 0. The third-order valence-electron chi connectivity index (χ3n) is 6.12. The Kier molecular flexibility index (Phi) is 3.49. The lowest BCUT2D eigenvalue weighted by molar-refractivity contribution is 0.174. The monoisotopic (exact) mass is 430 g/mol. The second-order valence-corrected chi connectivity index (χ2v) is 9.30. The van der Waals surface area contributed by atoms with E-state index in [1.54, 1.807) is 22.2 Å². The minimum Gasteiger partial charge on any atom is -0.454 e. The van der Waals surface area contributed by atoms with Crippen LogP contribution in [0.2, 0.25) is 0 Å². The van der Waals surface area contributed by atoms with Crippen molar-refractivity contribution >= 4 is 27.2 Å². The van der Waals surface area contributed by atoms with E-state index in [4.69, 9.17) is 14.5 Å². The van der Waals surface area contributed by atoms with E-state index in [0.717, 1.165) is 63.1 Å². The second kappa shape index (κ2) is 6.27. The molecule has 154 valence electrons. The summed E-state index contributed by atoms with van der Waals surface area (Å²) in [5.74, 6) is 2.83. The van der Waals surface area contributed by atoms with Crippen molar-refractivity contribution in [2.45, 2.75) is 26.2 Å². The van der Waals surface area contributed by atoms with E-state index in [-0.39, 0.29) is 6.79 Å². The second-order valence-electron chi connectivity index (χ2n) is 8.21. The molecule has 7 rings (SSSR count). The number of H-pyrrole nitrogens is 1. The predicted molar refractivity (Wildman–Crippen MR) is 116 cm³/mol. The number of aromatic nitrogens is 6. The number of benzene rings is 1. The fraction of sp³-hybridized carbons (Fsp3) is 0.273. The van der Waals surface area contributed by atoms with Crippen LogP contribution >= 0.6 is 11.3 Å². The van der Waals surface area contributed by atoms with Gasteiger partial charge in [0.1, 0.15) is 16.9 Å². The normalized spacial score (nSPS) is 17.5. The number of hydrogen-bond acceptors (Lipinski definition) is 7. The molecule has 0 fully saturated rings. The van der Waals surface area contributed by atoms with E-state index in [2.05, 4.69) is 27.2 Å². The van der Waals surface area contributed by atoms with Crippen molar-refractivity contribution in [3.8, 4) is 34.3 Å². The average molecular weight is 430 g/mol. The van der Waals surface area contributed by atoms with Gasteiger partial charge in [-0.05, 0) is 55.0 Å². The molecule has 1 aliphatic carbocycles. The zero-order valence-electron chi connectivity index (χ0n) is 16.8. The van der Waals surface area contributed by atoms with Gasteiger partial charge in [-0.25, -0.2) is 14.5 Å². The van der Waals surface area contributed by atoms with Crippen LogP contribution in [-0.2, 0) is 12.8 Å². The molecule has 31 heavy (non-hydrogen) atoms. The molecule has 1 aromatic carbocycles. The first-order chi connectivity index (χ1) is 15.2. The maximum absolute atomic E-state index is 5.48. The number of nitrogens with zero attached hydrogens (tertiary/aromatic N) is 5. The summed E-state index contributed by atoms with van der Waals surface area (Å²) in [5.41, 5.74) is 4.78. The molecule has 1 atom stereocenters. The van der Waals surface area contributed by atoms with Gasteiger partial charge in [-0.3, -0.25) is 5.10 Å². The highest BCUT2D eigenvalue weighted by molar-refractivity contribution is 7.19. The summed E-state index contributed by atoms with van der Waals surface area (Å²) in [6, 6.07) is 7.77. The average Bonchev–Trinajstić information content (AvgIpc) is 3.55. The number of nitrogens with one attached hydrogen (secondary N) is 1. The molecule has 0 radical (unpaired) electrons. The first-order valence-electron chi connectivity index (χ1n) is 10.3. The number of ether oxygens (including phenoxy) is 2. The van der Waals surface area contributed by atoms with Gasteiger partial charge in [0.15, 0.2) is 23.0 Å². The number of thiophene rings is 1. The third kappa shape index (κ3) is 2.59. The topological polar surface area (TPSA) is 90.2 Å². The van der Waals surface area contributed by atoms with Gasteiger partial charge >= 0.3 is 0 Å². The smallest absolute Gasteiger partial charge is 0.231 e. The molecule has 9 heteroatoms. The molecule has 8 nitrogen and oxygen atoms in total. The lowest BCUT2D eigenvalue weighted by atomic mass is 9.89. The Labute approximate surface area is 180 Å². The molecular weight excluding hydrogens is 412 g/mol. The van der Waals surface area contributed by atoms with Crippen LogP contribution in [0.25, 0.3) is 38.6 Å². The minimum absolute atomic E-state index is 0.253. The Morgan fingerprint density at radius 2 is 2.13 bits per heavy atom. The van der Waals surface area contributed by atoms with Gasteiger partial charge in [-0.15, -0.1) is 16.4 Å². The van der Waals surface area contributed by atoms with Crippen molar-refractivity contribution in [3.63, 3.8) is 0 Å². The van der Waals surface area contributed by atoms with Crippen molar-refractivity contribution < 1.29 is 9.47 Å². The fourth-order valence-corrected chi connectivity index (χ4v) is 5.84. The first-order valence-corrected chi connectivity index (χ1v) is 11.2. The van der Waals surface area contributed by atoms with Gasteiger partial charge in [0, 0.05) is 10.4 Å². The molecule has 0 bridgehead atoms. The van der Waals surface area contributed by atoms with Gasteiger partial charge in [0.05, 0.1) is 11.1 Å². The largest absolute Gasteiger partial charge is 0.454 e. The van der Waals surface area contributed by atoms with E-state index in [1.807, 2.05) is 24.3 Å². The van der Waals surface area contributed by atoms with Crippen LogP contribution in [0.15, 0.2) is 30.6 Å². The maximum Gasteiger partial charge on any atom is 0.231 e. The quantitative estimate of drug-likeness (QED) is 0.450. The van der Waals surface area contributed by atoms with Gasteiger partial charge in [-0.2, -0.15) is 5.10 Å². The van der Waals surface area contributed by atoms with E-state index >= 15 is 0 Å². The van der Waals surface area contributed by atoms with E-state index in [1.165, 1.54) is 16.9 Å². The zero-order valence-corrected chi connectivity index (χ0v) is 17.6. The van der Waals surface area contributed by atoms with Gasteiger partial charge in [0.2, 0.25) is 6.79 Å². The van der Waals surface area contributed by atoms with E-state index in [9.17, 15) is 0 Å². The Bertz CT molecular complexity index is 1480. The number of aromatic amines is 1. The standard InChI is InChI=1S/C22H18N6O2S/c1-11-2-4-13-18(6-11)31-22-19(13)21-24-20(27-28(21)9-23-22)15-8-14(25-26-15)12-3-5-16-17(7-12)30-10-29-16/h3,5,7-9,11H,2,4,6,10H2,1H3,(H,25,26)/t11-/m1/s1. The van der Waals surface area contributed by atoms with Gasteiger partial charge < -0.3 is 9.47 Å². The van der Waals surface area contributed by atoms with E-state index < -0.39 is 0 Å². The van der Waals surface area contributed by atoms with Gasteiger partial charge in [-0.1, -0.05) is 6.92 Å². The Balaban J connectivity index is 1.32. The van der Waals surface area contributed by atoms with Crippen LogP contribution < -0.4 is 9.47 Å². The Hall–Kier alpha value is -3.46. The highest BCUT2D eigenvalue weighted by Gasteiger charge is 2.24. The SMILES string of the molecule is C[C@@H]1CCc2c(sc3ncn4nc(-c5cc(-c6ccc7c(c6)OCO7)n[nH]5)nc4c23)C1. The van der Waals surface area contributed by atoms with Crippen molar-refractivity contribution in [2.24, 2.45) is 5.92 Å². The Morgan fingerprint density at radius 1 is 1.19 bits per heavy atom. The molecule has 1 N–H and O–H groups in total. The number of rotatable bonds is 2. The lowest BCUT2D eigenvalue weighted by Crippen LogP contribution is -2.08. The molecule has 1 aliphatic heterocycles. The van der Waals surface area contributed by atoms with Crippen molar-refractivity contribution in [1.29, 1.82) is 0 Å². The highest BCUT2D eigenvalue weighted by Crippen LogP contribution is 2.39. The van der Waals surface area contributed by atoms with Crippen LogP contribution in [0.1, 0.15) is 23.8 Å². The van der Waals surface area contributed by atoms with Crippen LogP contribution in [-0.4, -0.2) is 36.6 Å². The lowest BCUT2D eigenvalue weighted by Gasteiger charge is -2.17. The molecule has 4 aromatic heterocycles. The summed E-state index contributed by atoms with van der Waals surface area (Å²) in [5, 5.41) is 13.4. The number of hydrogen-bond donors (Lipinski definition) is 1. The number of fused-ring (bicyclic) bond motifs is 6. The summed E-state index contributed by atoms with van der Waals surface area (Å²) >= 11 is 1.80. The molecule has 0 amide bonds. The zero-order chi connectivity index (χ0) is 20.5. The number of aryl methyl sites for hydroxylation is 1. The molecule has 5 aromatic rings. The minimum atomic E-state index is 0.253. The summed E-state index contributed by atoms with van der Waals surface area (Å²) in [4.78, 5) is 12.0. The summed E-state index contributed by atoms with van der Waals surface area (Å²) in [6.45, 7) is 2.57. The molecule has 0 saturated carbocycles. The molecular formula is C22H18N6O2S. The molecule has 0 unspecified atom stereocenters. The van der Waals surface area contributed by atoms with Crippen molar-refractivity contribution in [2.75, 3.05) is 6.79 Å². The summed E-state index contributed by atoms with van der Waals surface area (Å²) in [6.07, 6.45) is 5.18. The first kappa shape index (κ1) is 17.2.